The van der Waals surface area contributed by atoms with Gasteiger partial charge in [-0.2, -0.15) is 12.6 Å². The maximum Gasteiger partial charge on any atom is -0.000584 e. The van der Waals surface area contributed by atoms with Gasteiger partial charge >= 0.3 is 0 Å². The molecule has 1 heteroatoms. The molecule has 0 spiro atoms. The molecule has 0 aliphatic heterocycles. The summed E-state index contributed by atoms with van der Waals surface area (Å²) in [5.41, 5.74) is 4.01. The Morgan fingerprint density at radius 2 is 1.35 bits per heavy atom. The molecule has 0 saturated carbocycles. The molecule has 0 aromatic heterocycles. The van der Waals surface area contributed by atoms with Crippen molar-refractivity contribution in [3.8, 4) is 11.1 Å². The minimum absolute atomic E-state index is 0.137. The van der Waals surface area contributed by atoms with Crippen molar-refractivity contribution in [2.45, 2.75) is 19.3 Å². The highest BCUT2D eigenvalue weighted by Gasteiger charge is 2.17. The molecule has 0 amide bonds. The second kappa shape index (κ2) is 4.97. The van der Waals surface area contributed by atoms with Gasteiger partial charge in [0.1, 0.15) is 0 Å². The summed E-state index contributed by atoms with van der Waals surface area (Å²) >= 11 is 4.41. The van der Waals surface area contributed by atoms with Crippen LogP contribution in [0.4, 0.5) is 0 Å². The maximum absolute atomic E-state index is 4.41. The number of thiol groups is 1. The van der Waals surface area contributed by atoms with Gasteiger partial charge in [-0.25, -0.2) is 0 Å². The molecule has 0 bridgehead atoms. The van der Waals surface area contributed by atoms with Crippen molar-refractivity contribution in [2.24, 2.45) is 0 Å². The van der Waals surface area contributed by atoms with Crippen LogP contribution in [0.25, 0.3) is 11.1 Å². The first kappa shape index (κ1) is 12.3. The van der Waals surface area contributed by atoms with Crippen LogP contribution >= 0.6 is 12.6 Å². The highest BCUT2D eigenvalue weighted by Crippen LogP contribution is 2.27. The first-order chi connectivity index (χ1) is 8.13. The molecular formula is C16H18S. The molecule has 0 aliphatic carbocycles. The lowest BCUT2D eigenvalue weighted by molar-refractivity contribution is 0.604. The van der Waals surface area contributed by atoms with Crippen LogP contribution in [0.15, 0.2) is 54.6 Å². The number of rotatable bonds is 3. The highest BCUT2D eigenvalue weighted by molar-refractivity contribution is 7.80. The van der Waals surface area contributed by atoms with Crippen molar-refractivity contribution < 1.29 is 0 Å². The van der Waals surface area contributed by atoms with E-state index in [-0.39, 0.29) is 5.41 Å². The molecule has 0 unspecified atom stereocenters. The Labute approximate surface area is 109 Å². The average Bonchev–Trinajstić information content (AvgIpc) is 2.40. The van der Waals surface area contributed by atoms with Crippen LogP contribution in [0.2, 0.25) is 0 Å². The Morgan fingerprint density at radius 1 is 0.824 bits per heavy atom. The predicted octanol–water partition coefficient (Wildman–Crippen LogP) is 4.56. The Balaban J connectivity index is 2.31. The van der Waals surface area contributed by atoms with Crippen molar-refractivity contribution in [1.82, 2.24) is 0 Å². The molecule has 0 N–H and O–H groups in total. The second-order valence-electron chi connectivity index (χ2n) is 4.99. The predicted molar refractivity (Wildman–Crippen MR) is 78.8 cm³/mol. The van der Waals surface area contributed by atoms with Crippen LogP contribution < -0.4 is 0 Å². The van der Waals surface area contributed by atoms with Gasteiger partial charge in [0, 0.05) is 0 Å². The van der Waals surface area contributed by atoms with Crippen LogP contribution in [0.1, 0.15) is 19.4 Å². The molecule has 2 rings (SSSR count). The van der Waals surface area contributed by atoms with Crippen molar-refractivity contribution in [3.63, 3.8) is 0 Å². The van der Waals surface area contributed by atoms with E-state index >= 15 is 0 Å². The topological polar surface area (TPSA) is 0 Å². The zero-order chi connectivity index (χ0) is 12.3. The lowest BCUT2D eigenvalue weighted by Crippen LogP contribution is -2.18. The molecule has 0 atom stereocenters. The van der Waals surface area contributed by atoms with Crippen LogP contribution in [0, 0.1) is 0 Å². The standard InChI is InChI=1S/C16H18S/c1-16(2,12-17)15-10-8-14(9-11-15)13-6-4-3-5-7-13/h3-11,17H,12H2,1-2H3. The van der Waals surface area contributed by atoms with E-state index in [2.05, 4.69) is 75.0 Å². The first-order valence-electron chi connectivity index (χ1n) is 5.90. The van der Waals surface area contributed by atoms with E-state index in [0.717, 1.165) is 5.75 Å². The Hall–Kier alpha value is -1.21. The van der Waals surface area contributed by atoms with Crippen molar-refractivity contribution in [1.29, 1.82) is 0 Å². The molecule has 0 nitrogen and oxygen atoms in total. The smallest absolute Gasteiger partial charge is 0.000584 e. The minimum atomic E-state index is 0.137. The third-order valence-electron chi connectivity index (χ3n) is 3.17. The van der Waals surface area contributed by atoms with Gasteiger partial charge in [0.25, 0.3) is 0 Å². The summed E-state index contributed by atoms with van der Waals surface area (Å²) in [6, 6.07) is 19.3. The lowest BCUT2D eigenvalue weighted by atomic mass is 9.86. The fourth-order valence-corrected chi connectivity index (χ4v) is 2.02. The van der Waals surface area contributed by atoms with Gasteiger partial charge in [0.15, 0.2) is 0 Å². The summed E-state index contributed by atoms with van der Waals surface area (Å²) in [4.78, 5) is 0. The average molecular weight is 242 g/mol. The van der Waals surface area contributed by atoms with Crippen molar-refractivity contribution >= 4 is 12.6 Å². The summed E-state index contributed by atoms with van der Waals surface area (Å²) in [5, 5.41) is 0. The van der Waals surface area contributed by atoms with Gasteiger partial charge in [-0.1, -0.05) is 68.4 Å². The van der Waals surface area contributed by atoms with Crippen LogP contribution in [-0.2, 0) is 5.41 Å². The molecule has 0 saturated heterocycles. The molecule has 0 heterocycles. The summed E-state index contributed by atoms with van der Waals surface area (Å²) in [5.74, 6) is 0.859. The zero-order valence-electron chi connectivity index (χ0n) is 10.4. The van der Waals surface area contributed by atoms with E-state index in [4.69, 9.17) is 0 Å². The fraction of sp³-hybridized carbons (Fsp3) is 0.250. The summed E-state index contributed by atoms with van der Waals surface area (Å²) < 4.78 is 0. The van der Waals surface area contributed by atoms with E-state index in [9.17, 15) is 0 Å². The molecule has 0 radical (unpaired) electrons. The van der Waals surface area contributed by atoms with E-state index in [1.807, 2.05) is 6.07 Å². The number of benzene rings is 2. The van der Waals surface area contributed by atoms with E-state index < -0.39 is 0 Å². The van der Waals surface area contributed by atoms with Gasteiger partial charge in [0.2, 0.25) is 0 Å². The molecular weight excluding hydrogens is 224 g/mol. The lowest BCUT2D eigenvalue weighted by Gasteiger charge is -2.22. The molecule has 17 heavy (non-hydrogen) atoms. The second-order valence-corrected chi connectivity index (χ2v) is 5.30. The SMILES string of the molecule is CC(C)(CS)c1ccc(-c2ccccc2)cc1. The van der Waals surface area contributed by atoms with Crippen LogP contribution in [0.5, 0.6) is 0 Å². The zero-order valence-corrected chi connectivity index (χ0v) is 11.2. The first-order valence-corrected chi connectivity index (χ1v) is 6.53. The fourth-order valence-electron chi connectivity index (χ4n) is 1.84. The molecule has 2 aromatic rings. The van der Waals surface area contributed by atoms with Gasteiger partial charge < -0.3 is 0 Å². The molecule has 88 valence electrons. The monoisotopic (exact) mass is 242 g/mol. The minimum Gasteiger partial charge on any atom is -0.178 e. The molecule has 2 aromatic carbocycles. The van der Waals surface area contributed by atoms with Crippen molar-refractivity contribution in [2.75, 3.05) is 5.75 Å². The summed E-state index contributed by atoms with van der Waals surface area (Å²) in [6.45, 7) is 4.44. The Kier molecular flexibility index (Phi) is 3.58. The van der Waals surface area contributed by atoms with Crippen LogP contribution in [-0.4, -0.2) is 5.75 Å². The number of hydrogen-bond donors (Lipinski definition) is 1. The van der Waals surface area contributed by atoms with Crippen molar-refractivity contribution in [3.05, 3.63) is 60.2 Å². The van der Waals surface area contributed by atoms with Gasteiger partial charge in [0.05, 0.1) is 0 Å². The van der Waals surface area contributed by atoms with Gasteiger partial charge in [-0.3, -0.25) is 0 Å². The third kappa shape index (κ3) is 2.73. The van der Waals surface area contributed by atoms with E-state index in [1.165, 1.54) is 16.7 Å². The number of hydrogen-bond acceptors (Lipinski definition) is 1. The molecule has 0 aliphatic rings. The quantitative estimate of drug-likeness (QED) is 0.749. The van der Waals surface area contributed by atoms with E-state index in [1.54, 1.807) is 0 Å². The van der Waals surface area contributed by atoms with Gasteiger partial charge in [-0.05, 0) is 27.9 Å². The normalized spacial score (nSPS) is 11.5. The van der Waals surface area contributed by atoms with E-state index in [0.29, 0.717) is 0 Å². The maximum atomic E-state index is 4.41. The van der Waals surface area contributed by atoms with Gasteiger partial charge in [-0.15, -0.1) is 0 Å². The largest absolute Gasteiger partial charge is 0.178 e. The Morgan fingerprint density at radius 3 is 1.88 bits per heavy atom. The Bertz CT molecular complexity index is 469. The molecule has 0 fully saturated rings. The third-order valence-corrected chi connectivity index (χ3v) is 3.96. The summed E-state index contributed by atoms with van der Waals surface area (Å²) in [7, 11) is 0. The summed E-state index contributed by atoms with van der Waals surface area (Å²) in [6.07, 6.45) is 0. The highest BCUT2D eigenvalue weighted by atomic mass is 32.1. The van der Waals surface area contributed by atoms with Crippen LogP contribution in [0.3, 0.4) is 0 Å².